The van der Waals surface area contributed by atoms with Crippen LogP contribution in [0.25, 0.3) is 5.70 Å². The van der Waals surface area contributed by atoms with Crippen molar-refractivity contribution in [3.63, 3.8) is 0 Å². The third kappa shape index (κ3) is 1.59. The van der Waals surface area contributed by atoms with Gasteiger partial charge in [0.25, 0.3) is 0 Å². The lowest BCUT2D eigenvalue weighted by molar-refractivity contribution is 0.638. The van der Waals surface area contributed by atoms with Gasteiger partial charge in [0.05, 0.1) is 11.9 Å². The largest absolute Gasteiger partial charge is 0.350 e. The van der Waals surface area contributed by atoms with Crippen molar-refractivity contribution in [1.82, 2.24) is 14.9 Å². The molecule has 1 aliphatic rings. The molecule has 0 radical (unpaired) electrons. The van der Waals surface area contributed by atoms with Crippen LogP contribution in [0.3, 0.4) is 0 Å². The third-order valence-electron chi connectivity index (χ3n) is 1.98. The molecule has 0 atom stereocenters. The maximum atomic E-state index is 4.25. The Bertz CT molecular complexity index is 340. The van der Waals surface area contributed by atoms with Gasteiger partial charge in [-0.15, -0.1) is 0 Å². The van der Waals surface area contributed by atoms with Gasteiger partial charge in [-0.05, 0) is 6.42 Å². The highest BCUT2D eigenvalue weighted by molar-refractivity contribution is 5.62. The van der Waals surface area contributed by atoms with Gasteiger partial charge in [0.1, 0.15) is 5.69 Å². The van der Waals surface area contributed by atoms with Crippen molar-refractivity contribution in [2.45, 2.75) is 6.42 Å². The van der Waals surface area contributed by atoms with Crippen LogP contribution < -0.4 is 0 Å². The molecule has 0 aromatic carbocycles. The van der Waals surface area contributed by atoms with E-state index >= 15 is 0 Å². The second kappa shape index (κ2) is 3.39. The summed E-state index contributed by atoms with van der Waals surface area (Å²) in [4.78, 5) is 10.3. The van der Waals surface area contributed by atoms with Crippen molar-refractivity contribution >= 4 is 5.70 Å². The molecule has 2 heterocycles. The van der Waals surface area contributed by atoms with Crippen molar-refractivity contribution in [1.29, 1.82) is 0 Å². The van der Waals surface area contributed by atoms with Crippen LogP contribution in [0.2, 0.25) is 0 Å². The molecule has 0 amide bonds. The van der Waals surface area contributed by atoms with E-state index in [4.69, 9.17) is 0 Å². The zero-order valence-electron chi connectivity index (χ0n) is 7.51. The van der Waals surface area contributed by atoms with Gasteiger partial charge < -0.3 is 4.90 Å². The third-order valence-corrected chi connectivity index (χ3v) is 1.98. The summed E-state index contributed by atoms with van der Waals surface area (Å²) in [5.74, 6) is 0. The van der Waals surface area contributed by atoms with Gasteiger partial charge in [0, 0.05) is 25.6 Å². The minimum absolute atomic E-state index is 0.925. The van der Waals surface area contributed by atoms with Crippen LogP contribution in [0, 0.1) is 0 Å². The molecular formula is C10H11N3. The lowest BCUT2D eigenvalue weighted by Gasteiger charge is -2.20. The van der Waals surface area contributed by atoms with E-state index in [0.717, 1.165) is 17.8 Å². The Morgan fingerprint density at radius 3 is 3.00 bits per heavy atom. The summed E-state index contributed by atoms with van der Waals surface area (Å²) in [5, 5.41) is 0. The lowest BCUT2D eigenvalue weighted by Crippen LogP contribution is -2.12. The number of allylic oxidation sites excluding steroid dienone is 2. The van der Waals surface area contributed by atoms with Gasteiger partial charge in [0.15, 0.2) is 0 Å². The smallest absolute Gasteiger partial charge is 0.105 e. The first-order valence-electron chi connectivity index (χ1n) is 4.24. The molecule has 3 heteroatoms. The predicted molar refractivity (Wildman–Crippen MR) is 51.5 cm³/mol. The predicted octanol–water partition coefficient (Wildman–Crippen LogP) is 1.67. The van der Waals surface area contributed by atoms with Crippen LogP contribution in [0.4, 0.5) is 0 Å². The van der Waals surface area contributed by atoms with Crippen LogP contribution in [-0.4, -0.2) is 21.9 Å². The molecule has 66 valence electrons. The van der Waals surface area contributed by atoms with Gasteiger partial charge >= 0.3 is 0 Å². The van der Waals surface area contributed by atoms with Crippen molar-refractivity contribution in [3.05, 3.63) is 42.6 Å². The van der Waals surface area contributed by atoms with Crippen molar-refractivity contribution in [2.24, 2.45) is 0 Å². The molecule has 2 rings (SSSR count). The second-order valence-corrected chi connectivity index (χ2v) is 2.91. The monoisotopic (exact) mass is 173 g/mol. The average molecular weight is 173 g/mol. The van der Waals surface area contributed by atoms with Gasteiger partial charge in [-0.1, -0.05) is 12.2 Å². The van der Waals surface area contributed by atoms with Crippen LogP contribution in [0.5, 0.6) is 0 Å². The fraction of sp³-hybridized carbons (Fsp3) is 0.200. The van der Waals surface area contributed by atoms with Crippen molar-refractivity contribution < 1.29 is 0 Å². The van der Waals surface area contributed by atoms with E-state index in [2.05, 4.69) is 22.1 Å². The highest BCUT2D eigenvalue weighted by Crippen LogP contribution is 2.18. The molecule has 0 aliphatic carbocycles. The highest BCUT2D eigenvalue weighted by Gasteiger charge is 2.07. The van der Waals surface area contributed by atoms with E-state index in [1.54, 1.807) is 18.6 Å². The zero-order valence-corrected chi connectivity index (χ0v) is 7.51. The molecule has 3 nitrogen and oxygen atoms in total. The Morgan fingerprint density at radius 2 is 2.31 bits per heavy atom. The molecule has 0 saturated carbocycles. The molecule has 0 bridgehead atoms. The van der Waals surface area contributed by atoms with E-state index in [9.17, 15) is 0 Å². The Morgan fingerprint density at radius 1 is 1.38 bits per heavy atom. The zero-order chi connectivity index (χ0) is 9.10. The summed E-state index contributed by atoms with van der Waals surface area (Å²) in [5.41, 5.74) is 2.05. The van der Waals surface area contributed by atoms with E-state index < -0.39 is 0 Å². The summed E-state index contributed by atoms with van der Waals surface area (Å²) < 4.78 is 0. The molecule has 0 saturated heterocycles. The van der Waals surface area contributed by atoms with Crippen LogP contribution in [-0.2, 0) is 0 Å². The average Bonchev–Trinajstić information content (AvgIpc) is 2.20. The van der Waals surface area contributed by atoms with E-state index in [-0.39, 0.29) is 0 Å². The van der Waals surface area contributed by atoms with Crippen LogP contribution in [0.1, 0.15) is 12.1 Å². The number of nitrogens with zero attached hydrogens (tertiary/aromatic N) is 3. The highest BCUT2D eigenvalue weighted by atomic mass is 15.1. The molecular weight excluding hydrogens is 162 g/mol. The summed E-state index contributed by atoms with van der Waals surface area (Å²) in [6.07, 6.45) is 12.4. The van der Waals surface area contributed by atoms with E-state index in [1.807, 2.05) is 18.1 Å². The number of hydrogen-bond acceptors (Lipinski definition) is 3. The number of rotatable bonds is 1. The quantitative estimate of drug-likeness (QED) is 0.646. The summed E-state index contributed by atoms with van der Waals surface area (Å²) in [6, 6.07) is 0. The maximum absolute atomic E-state index is 4.25. The second-order valence-electron chi connectivity index (χ2n) is 2.91. The van der Waals surface area contributed by atoms with Gasteiger partial charge in [-0.25, -0.2) is 0 Å². The minimum atomic E-state index is 0.925. The number of hydrogen-bond donors (Lipinski definition) is 0. The Kier molecular flexibility index (Phi) is 2.08. The molecule has 1 aromatic rings. The van der Waals surface area contributed by atoms with Gasteiger partial charge in [-0.3, -0.25) is 9.97 Å². The Balaban J connectivity index is 2.32. The minimum Gasteiger partial charge on any atom is -0.350 e. The van der Waals surface area contributed by atoms with E-state index in [1.165, 1.54) is 0 Å². The fourth-order valence-corrected chi connectivity index (χ4v) is 1.34. The molecule has 13 heavy (non-hydrogen) atoms. The first-order chi connectivity index (χ1) is 6.38. The summed E-state index contributed by atoms with van der Waals surface area (Å²) >= 11 is 0. The topological polar surface area (TPSA) is 29.0 Å². The van der Waals surface area contributed by atoms with E-state index in [0.29, 0.717) is 0 Å². The molecule has 0 unspecified atom stereocenters. The van der Waals surface area contributed by atoms with Crippen LogP contribution in [0.15, 0.2) is 36.9 Å². The first kappa shape index (κ1) is 7.98. The van der Waals surface area contributed by atoms with Crippen molar-refractivity contribution in [2.75, 3.05) is 7.05 Å². The molecule has 0 N–H and O–H groups in total. The lowest BCUT2D eigenvalue weighted by atomic mass is 10.2. The molecule has 1 aliphatic heterocycles. The molecule has 0 spiro atoms. The van der Waals surface area contributed by atoms with Crippen LogP contribution >= 0.6 is 0 Å². The van der Waals surface area contributed by atoms with Gasteiger partial charge in [0.2, 0.25) is 0 Å². The fourth-order valence-electron chi connectivity index (χ4n) is 1.34. The maximum Gasteiger partial charge on any atom is 0.105 e. The summed E-state index contributed by atoms with van der Waals surface area (Å²) in [6.45, 7) is 0. The molecule has 1 aromatic heterocycles. The molecule has 0 fully saturated rings. The van der Waals surface area contributed by atoms with Crippen molar-refractivity contribution in [3.8, 4) is 0 Å². The SMILES string of the molecule is CN1C=CCC=C1c1cnccn1. The standard InChI is InChI=1S/C10H11N3/c1-13-7-3-2-4-10(13)9-8-11-5-6-12-9/h3-8H,2H2,1H3. The number of aromatic nitrogens is 2. The summed E-state index contributed by atoms with van der Waals surface area (Å²) in [7, 11) is 2.01. The Labute approximate surface area is 77.4 Å². The van der Waals surface area contributed by atoms with Gasteiger partial charge in [-0.2, -0.15) is 0 Å². The Hall–Kier alpha value is -1.64. The first-order valence-corrected chi connectivity index (χ1v) is 4.24. The normalized spacial score (nSPS) is 15.8.